The van der Waals surface area contributed by atoms with Crippen LogP contribution in [0.2, 0.25) is 0 Å². The lowest BCUT2D eigenvalue weighted by atomic mass is 10.1. The lowest BCUT2D eigenvalue weighted by Crippen LogP contribution is -2.06. The van der Waals surface area contributed by atoms with Crippen LogP contribution in [0, 0.1) is 0 Å². The number of aryl methyl sites for hydroxylation is 1. The number of nitrogens with zero attached hydrogens (tertiary/aromatic N) is 6. The molecule has 27 heavy (non-hydrogen) atoms. The summed E-state index contributed by atoms with van der Waals surface area (Å²) in [6.07, 6.45) is 11.3. The summed E-state index contributed by atoms with van der Waals surface area (Å²) in [5, 5.41) is 5.23. The number of carbonyl (C=O) groups is 1. The van der Waals surface area contributed by atoms with Crippen LogP contribution in [0.25, 0.3) is 22.2 Å². The molecule has 1 fully saturated rings. The van der Waals surface area contributed by atoms with E-state index in [1.165, 1.54) is 0 Å². The first-order valence-corrected chi connectivity index (χ1v) is 8.97. The lowest BCUT2D eigenvalue weighted by Gasteiger charge is -2.05. The van der Waals surface area contributed by atoms with Gasteiger partial charge in [-0.25, -0.2) is 15.0 Å². The molecule has 1 saturated carbocycles. The Labute approximate surface area is 155 Å². The number of ketones is 1. The van der Waals surface area contributed by atoms with Crippen LogP contribution in [-0.4, -0.2) is 35.1 Å². The first kappa shape index (κ1) is 15.9. The van der Waals surface area contributed by atoms with E-state index >= 15 is 0 Å². The molecule has 3 aromatic heterocycles. The SMILES string of the molecule is Cn1cncc1-c1ccc2cnc(CC(=O)c3cnn(C4CC4)c3)nc2c1. The van der Waals surface area contributed by atoms with Crippen molar-refractivity contribution in [3.8, 4) is 11.3 Å². The average molecular weight is 358 g/mol. The van der Waals surface area contributed by atoms with Crippen LogP contribution < -0.4 is 0 Å². The minimum Gasteiger partial charge on any atom is -0.334 e. The molecule has 0 atom stereocenters. The van der Waals surface area contributed by atoms with E-state index in [9.17, 15) is 4.79 Å². The molecule has 0 spiro atoms. The number of Topliss-reactive ketones (excluding diaryl/α,β-unsaturated/α-hetero) is 1. The van der Waals surface area contributed by atoms with Gasteiger partial charge in [0.05, 0.1) is 48.0 Å². The third-order valence-corrected chi connectivity index (χ3v) is 4.91. The Bertz CT molecular complexity index is 1150. The standard InChI is InChI=1S/C20H18N6O/c1-25-12-21-10-18(25)13-2-3-14-8-22-20(24-17(14)6-13)7-19(27)15-9-23-26(11-15)16-4-5-16/h2-3,6,8-12,16H,4-5,7H2,1H3. The van der Waals surface area contributed by atoms with Gasteiger partial charge in [-0.05, 0) is 18.9 Å². The van der Waals surface area contributed by atoms with Gasteiger partial charge in [0.15, 0.2) is 5.78 Å². The molecule has 0 bridgehead atoms. The Morgan fingerprint density at radius 3 is 2.89 bits per heavy atom. The average Bonchev–Trinajstić information content (AvgIpc) is 3.24. The predicted molar refractivity (Wildman–Crippen MR) is 100 cm³/mol. The van der Waals surface area contributed by atoms with Crippen molar-refractivity contribution in [3.05, 3.63) is 60.7 Å². The fourth-order valence-corrected chi connectivity index (χ4v) is 3.21. The molecule has 0 N–H and O–H groups in total. The number of hydrogen-bond acceptors (Lipinski definition) is 5. The van der Waals surface area contributed by atoms with E-state index in [2.05, 4.69) is 20.1 Å². The molecule has 1 aliphatic rings. The molecular weight excluding hydrogens is 340 g/mol. The van der Waals surface area contributed by atoms with Gasteiger partial charge in [-0.15, -0.1) is 0 Å². The van der Waals surface area contributed by atoms with Crippen LogP contribution in [0.3, 0.4) is 0 Å². The van der Waals surface area contributed by atoms with Gasteiger partial charge >= 0.3 is 0 Å². The van der Waals surface area contributed by atoms with E-state index < -0.39 is 0 Å². The highest BCUT2D eigenvalue weighted by atomic mass is 16.1. The number of rotatable bonds is 5. The summed E-state index contributed by atoms with van der Waals surface area (Å²) in [6, 6.07) is 6.49. The summed E-state index contributed by atoms with van der Waals surface area (Å²) in [6.45, 7) is 0. The quantitative estimate of drug-likeness (QED) is 0.513. The topological polar surface area (TPSA) is 78.5 Å². The number of hydrogen-bond donors (Lipinski definition) is 0. The summed E-state index contributed by atoms with van der Waals surface area (Å²) < 4.78 is 3.85. The van der Waals surface area contributed by atoms with Gasteiger partial charge in [0.1, 0.15) is 5.82 Å². The maximum Gasteiger partial charge on any atom is 0.173 e. The highest BCUT2D eigenvalue weighted by Gasteiger charge is 2.25. The number of benzene rings is 1. The fourth-order valence-electron chi connectivity index (χ4n) is 3.21. The molecule has 1 aromatic carbocycles. The van der Waals surface area contributed by atoms with E-state index in [0.29, 0.717) is 17.4 Å². The maximum absolute atomic E-state index is 12.6. The zero-order valence-electron chi connectivity index (χ0n) is 14.9. The second-order valence-corrected chi connectivity index (χ2v) is 6.99. The van der Waals surface area contributed by atoms with E-state index in [1.54, 1.807) is 18.7 Å². The normalized spacial score (nSPS) is 14.0. The molecule has 0 radical (unpaired) electrons. The van der Waals surface area contributed by atoms with Crippen molar-refractivity contribution >= 4 is 16.7 Å². The summed E-state index contributed by atoms with van der Waals surface area (Å²) in [7, 11) is 1.96. The van der Waals surface area contributed by atoms with Crippen molar-refractivity contribution in [3.63, 3.8) is 0 Å². The van der Waals surface area contributed by atoms with Gasteiger partial charge in [0.2, 0.25) is 0 Å². The molecule has 7 nitrogen and oxygen atoms in total. The number of carbonyl (C=O) groups excluding carboxylic acids is 1. The highest BCUT2D eigenvalue weighted by molar-refractivity contribution is 5.97. The Kier molecular flexibility index (Phi) is 3.60. The minimum absolute atomic E-state index is 0.0101. The zero-order chi connectivity index (χ0) is 18.4. The van der Waals surface area contributed by atoms with Crippen LogP contribution in [0.4, 0.5) is 0 Å². The van der Waals surface area contributed by atoms with Crippen molar-refractivity contribution in [2.24, 2.45) is 7.05 Å². The Morgan fingerprint density at radius 1 is 1.22 bits per heavy atom. The molecule has 0 unspecified atom stereocenters. The predicted octanol–water partition coefficient (Wildman–Crippen LogP) is 2.99. The summed E-state index contributed by atoms with van der Waals surface area (Å²) in [5.41, 5.74) is 3.49. The number of imidazole rings is 1. The second kappa shape index (κ2) is 6.12. The van der Waals surface area contributed by atoms with Gasteiger partial charge in [0.25, 0.3) is 0 Å². The Hall–Kier alpha value is -3.35. The Morgan fingerprint density at radius 2 is 2.11 bits per heavy atom. The molecule has 0 aliphatic heterocycles. The van der Waals surface area contributed by atoms with Crippen LogP contribution in [-0.2, 0) is 13.5 Å². The van der Waals surface area contributed by atoms with Crippen LogP contribution in [0.1, 0.15) is 35.1 Å². The van der Waals surface area contributed by atoms with Crippen molar-refractivity contribution in [1.82, 2.24) is 29.3 Å². The van der Waals surface area contributed by atoms with Crippen molar-refractivity contribution < 1.29 is 4.79 Å². The van der Waals surface area contributed by atoms with Crippen LogP contribution >= 0.6 is 0 Å². The molecule has 3 heterocycles. The number of fused-ring (bicyclic) bond motifs is 1. The molecule has 134 valence electrons. The molecule has 1 aliphatic carbocycles. The third kappa shape index (κ3) is 3.01. The van der Waals surface area contributed by atoms with Crippen LogP contribution in [0.5, 0.6) is 0 Å². The van der Waals surface area contributed by atoms with E-state index in [1.807, 2.05) is 46.9 Å². The summed E-state index contributed by atoms with van der Waals surface area (Å²) in [4.78, 5) is 25.7. The fraction of sp³-hybridized carbons (Fsp3) is 0.250. The largest absolute Gasteiger partial charge is 0.334 e. The van der Waals surface area contributed by atoms with E-state index in [0.717, 1.165) is 35.0 Å². The van der Waals surface area contributed by atoms with Crippen LogP contribution in [0.15, 0.2) is 49.3 Å². The van der Waals surface area contributed by atoms with Crippen molar-refractivity contribution in [1.29, 1.82) is 0 Å². The lowest BCUT2D eigenvalue weighted by molar-refractivity contribution is 0.0991. The minimum atomic E-state index is -0.0101. The Balaban J connectivity index is 1.42. The number of aromatic nitrogens is 6. The first-order valence-electron chi connectivity index (χ1n) is 8.97. The van der Waals surface area contributed by atoms with E-state index in [-0.39, 0.29) is 12.2 Å². The molecule has 7 heteroatoms. The van der Waals surface area contributed by atoms with Gasteiger partial charge < -0.3 is 4.57 Å². The summed E-state index contributed by atoms with van der Waals surface area (Å²) >= 11 is 0. The summed E-state index contributed by atoms with van der Waals surface area (Å²) in [5.74, 6) is 0.512. The first-order chi connectivity index (χ1) is 13.2. The molecule has 0 amide bonds. The highest BCUT2D eigenvalue weighted by Crippen LogP contribution is 2.34. The van der Waals surface area contributed by atoms with Crippen molar-refractivity contribution in [2.75, 3.05) is 0 Å². The zero-order valence-corrected chi connectivity index (χ0v) is 14.9. The van der Waals surface area contributed by atoms with Gasteiger partial charge in [-0.1, -0.05) is 12.1 Å². The molecule has 0 saturated heterocycles. The molecule has 5 rings (SSSR count). The maximum atomic E-state index is 12.6. The second-order valence-electron chi connectivity index (χ2n) is 6.99. The van der Waals surface area contributed by atoms with E-state index in [4.69, 9.17) is 0 Å². The van der Waals surface area contributed by atoms with Crippen molar-refractivity contribution in [2.45, 2.75) is 25.3 Å². The van der Waals surface area contributed by atoms with Gasteiger partial charge in [-0.2, -0.15) is 5.10 Å². The molecule has 4 aromatic rings. The molecular formula is C20H18N6O. The third-order valence-electron chi connectivity index (χ3n) is 4.91. The monoisotopic (exact) mass is 358 g/mol. The van der Waals surface area contributed by atoms with Gasteiger partial charge in [0, 0.05) is 30.4 Å². The van der Waals surface area contributed by atoms with Gasteiger partial charge in [-0.3, -0.25) is 9.48 Å². The smallest absolute Gasteiger partial charge is 0.173 e.